The van der Waals surface area contributed by atoms with Gasteiger partial charge in [0.2, 0.25) is 0 Å². The summed E-state index contributed by atoms with van der Waals surface area (Å²) in [5.74, 6) is 0.688. The second-order valence-electron chi connectivity index (χ2n) is 7.38. The first-order valence-corrected chi connectivity index (χ1v) is 9.22. The van der Waals surface area contributed by atoms with Crippen LogP contribution in [0.4, 0.5) is 10.5 Å². The Labute approximate surface area is 143 Å². The SMILES string of the molecule is COc1ccccc1NC(=O)NC1C[C@H]2CCC[C@@H](C1)N2C1CC1. The number of hydrogen-bond acceptors (Lipinski definition) is 3. The molecule has 0 aromatic heterocycles. The molecule has 0 spiro atoms. The van der Waals surface area contributed by atoms with E-state index in [0.717, 1.165) is 18.9 Å². The molecule has 2 N–H and O–H groups in total. The van der Waals surface area contributed by atoms with E-state index in [2.05, 4.69) is 15.5 Å². The number of hydrogen-bond donors (Lipinski definition) is 2. The number of nitrogens with one attached hydrogen (secondary N) is 2. The van der Waals surface area contributed by atoms with E-state index in [1.54, 1.807) is 7.11 Å². The molecule has 5 nitrogen and oxygen atoms in total. The van der Waals surface area contributed by atoms with E-state index in [4.69, 9.17) is 4.74 Å². The minimum absolute atomic E-state index is 0.123. The molecule has 4 rings (SSSR count). The van der Waals surface area contributed by atoms with Crippen LogP contribution in [0.1, 0.15) is 44.9 Å². The molecule has 2 heterocycles. The third kappa shape index (κ3) is 3.22. The maximum Gasteiger partial charge on any atom is 0.319 e. The Balaban J connectivity index is 1.36. The summed E-state index contributed by atoms with van der Waals surface area (Å²) in [6.07, 6.45) is 8.86. The number of urea groups is 1. The third-order valence-electron chi connectivity index (χ3n) is 5.69. The highest BCUT2D eigenvalue weighted by molar-refractivity contribution is 5.91. The van der Waals surface area contributed by atoms with Crippen LogP contribution in [0.15, 0.2) is 24.3 Å². The van der Waals surface area contributed by atoms with Crippen molar-refractivity contribution in [3.8, 4) is 5.75 Å². The summed E-state index contributed by atoms with van der Waals surface area (Å²) in [5.41, 5.74) is 0.716. The topological polar surface area (TPSA) is 53.6 Å². The van der Waals surface area contributed by atoms with Crippen LogP contribution < -0.4 is 15.4 Å². The predicted molar refractivity (Wildman–Crippen MR) is 94.5 cm³/mol. The number of nitrogens with zero attached hydrogens (tertiary/aromatic N) is 1. The van der Waals surface area contributed by atoms with Crippen molar-refractivity contribution < 1.29 is 9.53 Å². The Hall–Kier alpha value is -1.75. The molecule has 5 heteroatoms. The maximum absolute atomic E-state index is 12.4. The Morgan fingerprint density at radius 1 is 1.08 bits per heavy atom. The predicted octanol–water partition coefficient (Wildman–Crippen LogP) is 3.36. The van der Waals surface area contributed by atoms with Crippen LogP contribution in [0.25, 0.3) is 0 Å². The normalized spacial score (nSPS) is 29.8. The van der Waals surface area contributed by atoms with Crippen LogP contribution in [-0.4, -0.2) is 42.2 Å². The van der Waals surface area contributed by atoms with Gasteiger partial charge in [0.05, 0.1) is 12.8 Å². The summed E-state index contributed by atoms with van der Waals surface area (Å²) in [6, 6.07) is 9.85. The number of para-hydroxylation sites is 2. The van der Waals surface area contributed by atoms with Gasteiger partial charge in [-0.15, -0.1) is 0 Å². The van der Waals surface area contributed by atoms with Crippen molar-refractivity contribution in [1.82, 2.24) is 10.2 Å². The van der Waals surface area contributed by atoms with Gasteiger partial charge in [-0.1, -0.05) is 18.6 Å². The molecular formula is C19H27N3O2. The first-order valence-electron chi connectivity index (χ1n) is 9.22. The summed E-state index contributed by atoms with van der Waals surface area (Å²) in [7, 11) is 1.62. The molecule has 130 valence electrons. The molecule has 2 aliphatic heterocycles. The second kappa shape index (κ2) is 6.63. The van der Waals surface area contributed by atoms with Crippen LogP contribution in [0.3, 0.4) is 0 Å². The number of piperidine rings is 2. The van der Waals surface area contributed by atoms with Crippen molar-refractivity contribution >= 4 is 11.7 Å². The number of ether oxygens (including phenoxy) is 1. The number of rotatable bonds is 4. The number of carbonyl (C=O) groups is 1. The third-order valence-corrected chi connectivity index (χ3v) is 5.69. The van der Waals surface area contributed by atoms with Gasteiger partial charge in [0, 0.05) is 24.2 Å². The molecule has 24 heavy (non-hydrogen) atoms. The average Bonchev–Trinajstić information content (AvgIpc) is 3.39. The molecule has 1 saturated carbocycles. The lowest BCUT2D eigenvalue weighted by atomic mass is 9.81. The monoisotopic (exact) mass is 329 g/mol. The van der Waals surface area contributed by atoms with Gasteiger partial charge in [-0.3, -0.25) is 4.90 Å². The van der Waals surface area contributed by atoms with Gasteiger partial charge in [-0.25, -0.2) is 4.79 Å². The zero-order valence-corrected chi connectivity index (χ0v) is 14.3. The molecule has 1 aromatic rings. The fourth-order valence-electron chi connectivity index (χ4n) is 4.60. The number of amides is 2. The Bertz CT molecular complexity index is 588. The second-order valence-corrected chi connectivity index (χ2v) is 7.38. The first kappa shape index (κ1) is 15.8. The van der Waals surface area contributed by atoms with Gasteiger partial charge in [-0.05, 0) is 50.7 Å². The molecule has 1 aliphatic carbocycles. The van der Waals surface area contributed by atoms with Crippen molar-refractivity contribution in [3.63, 3.8) is 0 Å². The Morgan fingerprint density at radius 3 is 2.46 bits per heavy atom. The van der Waals surface area contributed by atoms with E-state index >= 15 is 0 Å². The lowest BCUT2D eigenvalue weighted by molar-refractivity contribution is 0.0198. The van der Waals surface area contributed by atoms with E-state index in [-0.39, 0.29) is 12.1 Å². The first-order chi connectivity index (χ1) is 11.7. The van der Waals surface area contributed by atoms with Gasteiger partial charge in [-0.2, -0.15) is 0 Å². The van der Waals surface area contributed by atoms with Crippen molar-refractivity contribution in [2.45, 2.75) is 69.1 Å². The highest BCUT2D eigenvalue weighted by atomic mass is 16.5. The zero-order chi connectivity index (χ0) is 16.5. The smallest absolute Gasteiger partial charge is 0.319 e. The van der Waals surface area contributed by atoms with Crippen molar-refractivity contribution in [2.75, 3.05) is 12.4 Å². The largest absolute Gasteiger partial charge is 0.495 e. The number of methoxy groups -OCH3 is 1. The summed E-state index contributed by atoms with van der Waals surface area (Å²) in [6.45, 7) is 0. The van der Waals surface area contributed by atoms with Crippen LogP contribution in [0, 0.1) is 0 Å². The Kier molecular flexibility index (Phi) is 4.35. The van der Waals surface area contributed by atoms with E-state index in [9.17, 15) is 4.79 Å². The number of benzene rings is 1. The summed E-state index contributed by atoms with van der Waals surface area (Å²) in [5, 5.41) is 6.13. The van der Waals surface area contributed by atoms with E-state index in [0.29, 0.717) is 23.5 Å². The van der Waals surface area contributed by atoms with Crippen LogP contribution in [-0.2, 0) is 0 Å². The average molecular weight is 329 g/mol. The molecule has 2 bridgehead atoms. The van der Waals surface area contributed by atoms with E-state index < -0.39 is 0 Å². The Morgan fingerprint density at radius 2 is 1.79 bits per heavy atom. The van der Waals surface area contributed by atoms with Crippen LogP contribution in [0.5, 0.6) is 5.75 Å². The fourth-order valence-corrected chi connectivity index (χ4v) is 4.60. The van der Waals surface area contributed by atoms with Gasteiger partial charge >= 0.3 is 6.03 Å². The fraction of sp³-hybridized carbons (Fsp3) is 0.632. The van der Waals surface area contributed by atoms with E-state index in [1.165, 1.54) is 32.1 Å². The van der Waals surface area contributed by atoms with Crippen molar-refractivity contribution in [2.24, 2.45) is 0 Å². The highest BCUT2D eigenvalue weighted by Crippen LogP contribution is 2.41. The number of anilines is 1. The quantitative estimate of drug-likeness (QED) is 0.890. The lowest BCUT2D eigenvalue weighted by Gasteiger charge is -2.49. The van der Waals surface area contributed by atoms with Crippen molar-refractivity contribution in [1.29, 1.82) is 0 Å². The zero-order valence-electron chi connectivity index (χ0n) is 14.3. The molecular weight excluding hydrogens is 302 g/mol. The minimum Gasteiger partial charge on any atom is -0.495 e. The molecule has 3 fully saturated rings. The van der Waals surface area contributed by atoms with Gasteiger partial charge < -0.3 is 15.4 Å². The molecule has 1 aromatic carbocycles. The molecule has 0 radical (unpaired) electrons. The summed E-state index contributed by atoms with van der Waals surface area (Å²) in [4.78, 5) is 15.2. The van der Waals surface area contributed by atoms with E-state index in [1.807, 2.05) is 24.3 Å². The maximum atomic E-state index is 12.4. The van der Waals surface area contributed by atoms with Crippen LogP contribution in [0.2, 0.25) is 0 Å². The lowest BCUT2D eigenvalue weighted by Crippen LogP contribution is -2.58. The summed E-state index contributed by atoms with van der Waals surface area (Å²) < 4.78 is 5.30. The van der Waals surface area contributed by atoms with Crippen LogP contribution >= 0.6 is 0 Å². The minimum atomic E-state index is -0.123. The number of fused-ring (bicyclic) bond motifs is 2. The molecule has 3 aliphatic rings. The highest BCUT2D eigenvalue weighted by Gasteiger charge is 2.45. The van der Waals surface area contributed by atoms with Gasteiger partial charge in [0.15, 0.2) is 0 Å². The van der Waals surface area contributed by atoms with Crippen molar-refractivity contribution in [3.05, 3.63) is 24.3 Å². The van der Waals surface area contributed by atoms with Gasteiger partial charge in [0.25, 0.3) is 0 Å². The molecule has 2 saturated heterocycles. The molecule has 3 atom stereocenters. The molecule has 1 unspecified atom stereocenters. The number of carbonyl (C=O) groups excluding carboxylic acids is 1. The molecule has 2 amide bonds. The summed E-state index contributed by atoms with van der Waals surface area (Å²) >= 11 is 0. The standard InChI is InChI=1S/C19H27N3O2/c1-24-18-8-3-2-7-17(18)21-19(23)20-13-11-15-5-4-6-16(12-13)22(15)14-9-10-14/h2-3,7-8,13-16H,4-6,9-12H2,1H3,(H2,20,21,23)/t13?,15-,16+. The van der Waals surface area contributed by atoms with Gasteiger partial charge in [0.1, 0.15) is 5.75 Å².